The van der Waals surface area contributed by atoms with E-state index in [2.05, 4.69) is 20.2 Å². The summed E-state index contributed by atoms with van der Waals surface area (Å²) in [5.41, 5.74) is 0.866. The Morgan fingerprint density at radius 2 is 2.17 bits per heavy atom. The fraction of sp³-hybridized carbons (Fsp3) is 0.429. The number of nitrogens with zero attached hydrogens (tertiary/aromatic N) is 4. The number of hydrogen-bond acceptors (Lipinski definition) is 6. The Morgan fingerprint density at radius 1 is 1.35 bits per heavy atom. The van der Waals surface area contributed by atoms with Gasteiger partial charge in [-0.25, -0.2) is 13.4 Å². The third kappa shape index (κ3) is 3.24. The number of aromatic nitrogens is 4. The molecule has 1 aliphatic heterocycles. The topological polar surface area (TPSA) is 109 Å². The summed E-state index contributed by atoms with van der Waals surface area (Å²) in [6.07, 6.45) is 8.50. The van der Waals surface area contributed by atoms with Crippen molar-refractivity contribution in [2.24, 2.45) is 0 Å². The first kappa shape index (κ1) is 15.6. The quantitative estimate of drug-likeness (QED) is 0.881. The number of rotatable bonds is 3. The van der Waals surface area contributed by atoms with Gasteiger partial charge in [-0.3, -0.25) is 14.9 Å². The number of H-pyrrole nitrogens is 1. The van der Waals surface area contributed by atoms with Crippen LogP contribution < -0.4 is 0 Å². The summed E-state index contributed by atoms with van der Waals surface area (Å²) in [5.74, 6) is -0.278. The molecule has 0 bridgehead atoms. The normalized spacial score (nSPS) is 18.8. The van der Waals surface area contributed by atoms with Crippen molar-refractivity contribution in [3.8, 4) is 0 Å². The average Bonchev–Trinajstić information content (AvgIpc) is 3.05. The molecule has 0 saturated carbocycles. The van der Waals surface area contributed by atoms with Gasteiger partial charge in [-0.15, -0.1) is 0 Å². The molecule has 1 fully saturated rings. The summed E-state index contributed by atoms with van der Waals surface area (Å²) >= 11 is 0. The van der Waals surface area contributed by atoms with Crippen molar-refractivity contribution < 1.29 is 13.2 Å². The summed E-state index contributed by atoms with van der Waals surface area (Å²) in [6.45, 7) is 1.05. The van der Waals surface area contributed by atoms with Crippen molar-refractivity contribution in [2.45, 2.75) is 23.7 Å². The highest BCUT2D eigenvalue weighted by atomic mass is 32.2. The van der Waals surface area contributed by atoms with Crippen LogP contribution in [0.3, 0.4) is 0 Å². The van der Waals surface area contributed by atoms with Crippen molar-refractivity contribution in [1.82, 2.24) is 25.1 Å². The molecular weight excluding hydrogens is 318 g/mol. The molecule has 2 aromatic rings. The first-order valence-corrected chi connectivity index (χ1v) is 9.14. The molecule has 1 amide bonds. The highest BCUT2D eigenvalue weighted by Crippen LogP contribution is 2.30. The number of likely N-dealkylation sites (tertiary alicyclic amines) is 1. The Labute approximate surface area is 133 Å². The van der Waals surface area contributed by atoms with E-state index < -0.39 is 9.84 Å². The molecule has 122 valence electrons. The van der Waals surface area contributed by atoms with E-state index >= 15 is 0 Å². The molecule has 23 heavy (non-hydrogen) atoms. The zero-order valence-corrected chi connectivity index (χ0v) is 13.5. The third-order valence-electron chi connectivity index (χ3n) is 3.93. The van der Waals surface area contributed by atoms with Gasteiger partial charge in [0.15, 0.2) is 9.84 Å². The number of nitrogens with one attached hydrogen (secondary N) is 1. The maximum absolute atomic E-state index is 12.5. The lowest BCUT2D eigenvalue weighted by atomic mass is 9.94. The van der Waals surface area contributed by atoms with Gasteiger partial charge in [0.05, 0.1) is 18.1 Å². The molecule has 8 nitrogen and oxygen atoms in total. The van der Waals surface area contributed by atoms with E-state index in [1.165, 1.54) is 24.8 Å². The van der Waals surface area contributed by atoms with Crippen molar-refractivity contribution in [1.29, 1.82) is 0 Å². The molecule has 0 spiro atoms. The molecule has 0 radical (unpaired) electrons. The Bertz CT molecular complexity index is 803. The van der Waals surface area contributed by atoms with Crippen LogP contribution in [-0.4, -0.2) is 58.7 Å². The fourth-order valence-corrected chi connectivity index (χ4v) is 3.70. The van der Waals surface area contributed by atoms with Gasteiger partial charge in [0.1, 0.15) is 10.6 Å². The van der Waals surface area contributed by atoms with E-state index in [1.54, 1.807) is 4.90 Å². The second kappa shape index (κ2) is 6.07. The highest BCUT2D eigenvalue weighted by molar-refractivity contribution is 7.90. The lowest BCUT2D eigenvalue weighted by molar-refractivity contribution is 0.0698. The second-order valence-electron chi connectivity index (χ2n) is 5.60. The Balaban J connectivity index is 1.82. The molecule has 3 rings (SSSR count). The molecule has 1 N–H and O–H groups in total. The van der Waals surface area contributed by atoms with Crippen molar-refractivity contribution >= 4 is 15.7 Å². The highest BCUT2D eigenvalue weighted by Gasteiger charge is 2.30. The van der Waals surface area contributed by atoms with Gasteiger partial charge >= 0.3 is 0 Å². The van der Waals surface area contributed by atoms with Crippen LogP contribution in [0.15, 0.2) is 29.7 Å². The molecule has 0 aliphatic carbocycles. The van der Waals surface area contributed by atoms with Gasteiger partial charge in [-0.2, -0.15) is 5.10 Å². The molecule has 1 unspecified atom stereocenters. The second-order valence-corrected chi connectivity index (χ2v) is 7.59. The number of aromatic amines is 1. The number of piperidine rings is 1. The summed E-state index contributed by atoms with van der Waals surface area (Å²) in [4.78, 5) is 22.3. The average molecular weight is 335 g/mol. The van der Waals surface area contributed by atoms with Gasteiger partial charge in [-0.1, -0.05) is 0 Å². The zero-order valence-electron chi connectivity index (χ0n) is 12.6. The summed E-state index contributed by atoms with van der Waals surface area (Å²) in [6, 6.07) is 0. The minimum atomic E-state index is -3.35. The van der Waals surface area contributed by atoms with Crippen LogP contribution in [0.5, 0.6) is 0 Å². The monoisotopic (exact) mass is 335 g/mol. The lowest BCUT2D eigenvalue weighted by Crippen LogP contribution is -2.39. The summed E-state index contributed by atoms with van der Waals surface area (Å²) in [5, 5.41) is 6.65. The predicted molar refractivity (Wildman–Crippen MR) is 81.6 cm³/mol. The van der Waals surface area contributed by atoms with E-state index in [-0.39, 0.29) is 16.7 Å². The molecule has 2 aromatic heterocycles. The van der Waals surface area contributed by atoms with Gasteiger partial charge in [-0.05, 0) is 12.8 Å². The maximum Gasteiger partial charge on any atom is 0.274 e. The van der Waals surface area contributed by atoms with Crippen LogP contribution in [0.1, 0.15) is 34.9 Å². The predicted octanol–water partition coefficient (Wildman–Crippen LogP) is 0.623. The largest absolute Gasteiger partial charge is 0.337 e. The van der Waals surface area contributed by atoms with E-state index in [4.69, 9.17) is 0 Å². The minimum Gasteiger partial charge on any atom is -0.337 e. The first-order chi connectivity index (χ1) is 11.0. The molecule has 1 saturated heterocycles. The third-order valence-corrected chi connectivity index (χ3v) is 5.06. The van der Waals surface area contributed by atoms with Crippen molar-refractivity contribution in [3.05, 3.63) is 36.2 Å². The van der Waals surface area contributed by atoms with Crippen LogP contribution in [0.2, 0.25) is 0 Å². The van der Waals surface area contributed by atoms with Crippen LogP contribution in [-0.2, 0) is 9.84 Å². The van der Waals surface area contributed by atoms with Crippen molar-refractivity contribution in [3.63, 3.8) is 0 Å². The Hall–Kier alpha value is -2.29. The van der Waals surface area contributed by atoms with E-state index in [0.717, 1.165) is 19.1 Å². The summed E-state index contributed by atoms with van der Waals surface area (Å²) in [7, 11) is -3.35. The fourth-order valence-electron chi connectivity index (χ4n) is 2.84. The van der Waals surface area contributed by atoms with Crippen molar-refractivity contribution in [2.75, 3.05) is 19.3 Å². The SMILES string of the molecule is CS(=O)(=O)c1cn[nH]c1C1CCCN(C(=O)c2cnccn2)C1. The zero-order chi connectivity index (χ0) is 16.4. The van der Waals surface area contributed by atoms with Gasteiger partial charge < -0.3 is 4.90 Å². The summed E-state index contributed by atoms with van der Waals surface area (Å²) < 4.78 is 23.7. The molecule has 1 atom stereocenters. The molecule has 0 aromatic carbocycles. The van der Waals surface area contributed by atoms with E-state index in [0.29, 0.717) is 24.5 Å². The lowest BCUT2D eigenvalue weighted by Gasteiger charge is -2.32. The van der Waals surface area contributed by atoms with Crippen LogP contribution in [0.4, 0.5) is 0 Å². The Kier molecular flexibility index (Phi) is 4.12. The molecule has 1 aliphatic rings. The smallest absolute Gasteiger partial charge is 0.274 e. The van der Waals surface area contributed by atoms with E-state index in [9.17, 15) is 13.2 Å². The standard InChI is InChI=1S/C14H17N5O3S/c1-23(21,22)12-8-17-18-13(12)10-3-2-6-19(9-10)14(20)11-7-15-4-5-16-11/h4-5,7-8,10H,2-3,6,9H2,1H3,(H,17,18). The first-order valence-electron chi connectivity index (χ1n) is 7.25. The van der Waals surface area contributed by atoms with Gasteiger partial charge in [0, 0.05) is 37.7 Å². The Morgan fingerprint density at radius 3 is 2.87 bits per heavy atom. The number of sulfone groups is 1. The van der Waals surface area contributed by atoms with Crippen LogP contribution >= 0.6 is 0 Å². The molecule has 9 heteroatoms. The molecular formula is C14H17N5O3S. The maximum atomic E-state index is 12.5. The number of amides is 1. The molecule has 3 heterocycles. The van der Waals surface area contributed by atoms with Crippen LogP contribution in [0, 0.1) is 0 Å². The van der Waals surface area contributed by atoms with Gasteiger partial charge in [0.25, 0.3) is 5.91 Å². The van der Waals surface area contributed by atoms with E-state index in [1.807, 2.05) is 0 Å². The number of carbonyl (C=O) groups excluding carboxylic acids is 1. The number of carbonyl (C=O) groups is 1. The van der Waals surface area contributed by atoms with Crippen LogP contribution in [0.25, 0.3) is 0 Å². The van der Waals surface area contributed by atoms with Gasteiger partial charge in [0.2, 0.25) is 0 Å². The number of hydrogen-bond donors (Lipinski definition) is 1. The minimum absolute atomic E-state index is 0.0865.